The number of hydrogen-bond acceptors (Lipinski definition) is 2. The summed E-state index contributed by atoms with van der Waals surface area (Å²) in [6, 6.07) is 15.2. The highest BCUT2D eigenvalue weighted by Crippen LogP contribution is 2.17. The number of amides is 2. The van der Waals surface area contributed by atoms with Crippen molar-refractivity contribution in [2.75, 3.05) is 0 Å². The van der Waals surface area contributed by atoms with Crippen LogP contribution in [0.2, 0.25) is 0 Å². The Kier molecular flexibility index (Phi) is 8.84. The van der Waals surface area contributed by atoms with Crippen molar-refractivity contribution < 1.29 is 14.0 Å². The van der Waals surface area contributed by atoms with Crippen molar-refractivity contribution in [1.82, 2.24) is 10.2 Å². The summed E-state index contributed by atoms with van der Waals surface area (Å²) in [6.45, 7) is 6.18. The lowest BCUT2D eigenvalue weighted by Crippen LogP contribution is -2.52. The van der Waals surface area contributed by atoms with Crippen LogP contribution in [0.25, 0.3) is 0 Å². The summed E-state index contributed by atoms with van der Waals surface area (Å²) < 4.78 is 13.3. The van der Waals surface area contributed by atoms with Gasteiger partial charge in [0, 0.05) is 25.4 Å². The number of rotatable bonds is 10. The molecule has 0 aromatic heterocycles. The van der Waals surface area contributed by atoms with E-state index in [-0.39, 0.29) is 30.2 Å². The molecule has 156 valence electrons. The second-order valence-corrected chi connectivity index (χ2v) is 7.42. The van der Waals surface area contributed by atoms with E-state index in [1.807, 2.05) is 51.1 Å². The topological polar surface area (TPSA) is 49.4 Å². The van der Waals surface area contributed by atoms with Crippen LogP contribution in [0.3, 0.4) is 0 Å². The summed E-state index contributed by atoms with van der Waals surface area (Å²) >= 11 is 0. The van der Waals surface area contributed by atoms with Crippen LogP contribution in [0.15, 0.2) is 54.6 Å². The summed E-state index contributed by atoms with van der Waals surface area (Å²) in [6.07, 6.45) is 2.30. The molecule has 1 N–H and O–H groups in total. The molecule has 0 radical (unpaired) electrons. The van der Waals surface area contributed by atoms with Gasteiger partial charge in [0.15, 0.2) is 0 Å². The lowest BCUT2D eigenvalue weighted by atomic mass is 10.0. The molecule has 29 heavy (non-hydrogen) atoms. The van der Waals surface area contributed by atoms with E-state index in [0.717, 1.165) is 17.5 Å². The highest BCUT2D eigenvalue weighted by Gasteiger charge is 2.30. The molecule has 0 saturated heterocycles. The second-order valence-electron chi connectivity index (χ2n) is 7.42. The molecule has 2 atom stereocenters. The minimum absolute atomic E-state index is 0.0229. The number of halogens is 1. The van der Waals surface area contributed by atoms with Gasteiger partial charge in [0.05, 0.1) is 0 Å². The van der Waals surface area contributed by atoms with Gasteiger partial charge < -0.3 is 10.2 Å². The number of nitrogens with zero attached hydrogens (tertiary/aromatic N) is 1. The lowest BCUT2D eigenvalue weighted by Gasteiger charge is -2.32. The quantitative estimate of drug-likeness (QED) is 0.641. The summed E-state index contributed by atoms with van der Waals surface area (Å²) in [5.41, 5.74) is 1.79. The van der Waals surface area contributed by atoms with Crippen molar-refractivity contribution in [3.63, 3.8) is 0 Å². The van der Waals surface area contributed by atoms with Crippen LogP contribution in [-0.4, -0.2) is 28.8 Å². The molecule has 2 rings (SSSR count). The van der Waals surface area contributed by atoms with E-state index in [2.05, 4.69) is 5.32 Å². The number of carbonyl (C=O) groups excluding carboxylic acids is 2. The largest absolute Gasteiger partial charge is 0.352 e. The lowest BCUT2D eigenvalue weighted by molar-refractivity contribution is -0.141. The molecule has 5 heteroatoms. The Bertz CT molecular complexity index is 777. The van der Waals surface area contributed by atoms with E-state index in [1.165, 1.54) is 12.1 Å². The number of benzene rings is 2. The number of carbonyl (C=O) groups is 2. The average Bonchev–Trinajstić information content (AvgIpc) is 2.72. The van der Waals surface area contributed by atoms with Crippen LogP contribution >= 0.6 is 0 Å². The third-order valence-electron chi connectivity index (χ3n) is 5.00. The Hall–Kier alpha value is -2.69. The zero-order valence-corrected chi connectivity index (χ0v) is 17.5. The van der Waals surface area contributed by atoms with Crippen molar-refractivity contribution in [3.05, 3.63) is 71.5 Å². The maximum Gasteiger partial charge on any atom is 0.243 e. The minimum Gasteiger partial charge on any atom is -0.352 e. The molecule has 0 aliphatic rings. The van der Waals surface area contributed by atoms with Gasteiger partial charge in [-0.05, 0) is 43.0 Å². The first-order valence-corrected chi connectivity index (χ1v) is 10.3. The smallest absolute Gasteiger partial charge is 0.243 e. The maximum atomic E-state index is 13.3. The average molecular weight is 399 g/mol. The van der Waals surface area contributed by atoms with E-state index in [9.17, 15) is 14.0 Å². The maximum absolute atomic E-state index is 13.3. The Labute approximate surface area is 173 Å². The molecule has 2 aromatic carbocycles. The van der Waals surface area contributed by atoms with E-state index in [1.54, 1.807) is 17.0 Å². The van der Waals surface area contributed by atoms with Gasteiger partial charge in [-0.2, -0.15) is 0 Å². The normalized spacial score (nSPS) is 12.8. The molecular formula is C24H31FN2O2. The Morgan fingerprint density at radius 3 is 2.24 bits per heavy atom. The van der Waals surface area contributed by atoms with E-state index in [4.69, 9.17) is 0 Å². The Morgan fingerprint density at radius 1 is 1.00 bits per heavy atom. The monoisotopic (exact) mass is 398 g/mol. The highest BCUT2D eigenvalue weighted by atomic mass is 19.1. The molecule has 0 heterocycles. The summed E-state index contributed by atoms with van der Waals surface area (Å²) in [7, 11) is 0. The van der Waals surface area contributed by atoms with Gasteiger partial charge in [-0.25, -0.2) is 4.39 Å². The van der Waals surface area contributed by atoms with Crippen LogP contribution in [0.4, 0.5) is 4.39 Å². The first-order valence-electron chi connectivity index (χ1n) is 10.3. The number of hydrogen-bond donors (Lipinski definition) is 1. The fraction of sp³-hybridized carbons (Fsp3) is 0.417. The summed E-state index contributed by atoms with van der Waals surface area (Å²) in [5.74, 6) is -0.553. The van der Waals surface area contributed by atoms with Crippen molar-refractivity contribution in [1.29, 1.82) is 0 Å². The van der Waals surface area contributed by atoms with Gasteiger partial charge >= 0.3 is 0 Å². The van der Waals surface area contributed by atoms with Crippen molar-refractivity contribution in [2.24, 2.45) is 0 Å². The van der Waals surface area contributed by atoms with Gasteiger partial charge in [-0.1, -0.05) is 56.3 Å². The van der Waals surface area contributed by atoms with Gasteiger partial charge in [0.1, 0.15) is 11.9 Å². The van der Waals surface area contributed by atoms with Crippen LogP contribution in [0, 0.1) is 5.82 Å². The SMILES string of the molecule is CCCC(=O)N(Cc1ccc(F)cc1)[C@H](Cc1ccccc1)C(=O)N[C@@H](C)CC. The third kappa shape index (κ3) is 7.00. The van der Waals surface area contributed by atoms with E-state index < -0.39 is 6.04 Å². The molecule has 0 saturated carbocycles. The highest BCUT2D eigenvalue weighted by molar-refractivity contribution is 5.88. The Balaban J connectivity index is 2.35. The van der Waals surface area contributed by atoms with Gasteiger partial charge in [-0.3, -0.25) is 9.59 Å². The molecule has 0 unspecified atom stereocenters. The minimum atomic E-state index is -0.629. The zero-order valence-electron chi connectivity index (χ0n) is 17.5. The molecule has 2 amide bonds. The molecule has 0 aliphatic heterocycles. The molecular weight excluding hydrogens is 367 g/mol. The van der Waals surface area contributed by atoms with Crippen LogP contribution in [0.5, 0.6) is 0 Å². The van der Waals surface area contributed by atoms with Crippen molar-refractivity contribution in [2.45, 2.75) is 65.1 Å². The van der Waals surface area contributed by atoms with Crippen LogP contribution in [-0.2, 0) is 22.6 Å². The van der Waals surface area contributed by atoms with Crippen LogP contribution in [0.1, 0.15) is 51.2 Å². The zero-order chi connectivity index (χ0) is 21.2. The first kappa shape index (κ1) is 22.6. The van der Waals surface area contributed by atoms with Gasteiger partial charge in [0.2, 0.25) is 11.8 Å². The fourth-order valence-electron chi connectivity index (χ4n) is 3.14. The van der Waals surface area contributed by atoms with E-state index in [0.29, 0.717) is 19.3 Å². The second kappa shape index (κ2) is 11.3. The number of nitrogens with one attached hydrogen (secondary N) is 1. The summed E-state index contributed by atoms with van der Waals surface area (Å²) in [5, 5.41) is 3.03. The fourth-order valence-corrected chi connectivity index (χ4v) is 3.14. The van der Waals surface area contributed by atoms with E-state index >= 15 is 0 Å². The molecule has 2 aromatic rings. The van der Waals surface area contributed by atoms with Gasteiger partial charge in [-0.15, -0.1) is 0 Å². The third-order valence-corrected chi connectivity index (χ3v) is 5.00. The van der Waals surface area contributed by atoms with Crippen molar-refractivity contribution in [3.8, 4) is 0 Å². The predicted molar refractivity (Wildman–Crippen MR) is 114 cm³/mol. The molecule has 0 spiro atoms. The van der Waals surface area contributed by atoms with Gasteiger partial charge in [0.25, 0.3) is 0 Å². The Morgan fingerprint density at radius 2 is 1.66 bits per heavy atom. The summed E-state index contributed by atoms with van der Waals surface area (Å²) in [4.78, 5) is 27.8. The standard InChI is InChI=1S/C24H31FN2O2/c1-4-9-23(28)27(17-20-12-14-21(25)15-13-20)22(24(29)26-18(3)5-2)16-19-10-7-6-8-11-19/h6-8,10-15,18,22H,4-5,9,16-17H2,1-3H3,(H,26,29)/t18-,22+/m0/s1. The molecule has 0 aliphatic carbocycles. The molecule has 0 bridgehead atoms. The predicted octanol–water partition coefficient (Wildman–Crippen LogP) is 4.48. The van der Waals surface area contributed by atoms with Crippen molar-refractivity contribution >= 4 is 11.8 Å². The van der Waals surface area contributed by atoms with Crippen LogP contribution < -0.4 is 5.32 Å². The molecule has 4 nitrogen and oxygen atoms in total. The molecule has 0 fully saturated rings. The first-order chi connectivity index (χ1) is 13.9.